The fraction of sp³-hybridized carbons (Fsp3) is 0.647. The van der Waals surface area contributed by atoms with Gasteiger partial charge in [0.2, 0.25) is 0 Å². The Hall–Kier alpha value is -1.62. The first-order chi connectivity index (χ1) is 10.6. The molecule has 1 unspecified atom stereocenters. The fourth-order valence-corrected chi connectivity index (χ4v) is 3.70. The second kappa shape index (κ2) is 6.24. The molecule has 1 atom stereocenters. The molecule has 0 radical (unpaired) electrons. The predicted octanol–water partition coefficient (Wildman–Crippen LogP) is 2.93. The van der Waals surface area contributed by atoms with Gasteiger partial charge in [-0.3, -0.25) is 14.7 Å². The Morgan fingerprint density at radius 3 is 2.77 bits per heavy atom. The Bertz CT molecular complexity index is 640. The predicted molar refractivity (Wildman–Crippen MR) is 88.0 cm³/mol. The van der Waals surface area contributed by atoms with Crippen molar-refractivity contribution in [3.05, 3.63) is 34.4 Å². The van der Waals surface area contributed by atoms with Gasteiger partial charge in [0, 0.05) is 42.5 Å². The number of aryl methyl sites for hydroxylation is 3. The fourth-order valence-electron chi connectivity index (χ4n) is 3.70. The lowest BCUT2D eigenvalue weighted by Gasteiger charge is -2.32. The quantitative estimate of drug-likeness (QED) is 0.944. The molecule has 2 aromatic heterocycles. The molecule has 3 heterocycles. The molecule has 3 rings (SSSR count). The average molecular weight is 301 g/mol. The molecule has 120 valence electrons. The van der Waals surface area contributed by atoms with Crippen molar-refractivity contribution in [1.29, 1.82) is 0 Å². The largest absolute Gasteiger partial charge is 0.298 e. The van der Waals surface area contributed by atoms with Gasteiger partial charge in [-0.25, -0.2) is 0 Å². The minimum Gasteiger partial charge on any atom is -0.298 e. The number of likely N-dealkylation sites (tertiary alicyclic amines) is 1. The van der Waals surface area contributed by atoms with Crippen LogP contribution in [0.5, 0.6) is 0 Å². The SMILES string of the molecule is CCn1nc(C)c(CN2CCCC(c3[nH]ncc3C)C2)c1C. The first-order valence-corrected chi connectivity index (χ1v) is 8.35. The summed E-state index contributed by atoms with van der Waals surface area (Å²) in [5.74, 6) is 0.582. The highest BCUT2D eigenvalue weighted by atomic mass is 15.3. The van der Waals surface area contributed by atoms with Crippen molar-refractivity contribution >= 4 is 0 Å². The second-order valence-electron chi connectivity index (χ2n) is 6.51. The molecule has 1 saturated heterocycles. The second-order valence-corrected chi connectivity index (χ2v) is 6.51. The summed E-state index contributed by atoms with van der Waals surface area (Å²) in [6, 6.07) is 0. The first-order valence-electron chi connectivity index (χ1n) is 8.35. The van der Waals surface area contributed by atoms with Crippen molar-refractivity contribution in [2.45, 2.75) is 59.5 Å². The zero-order chi connectivity index (χ0) is 15.7. The van der Waals surface area contributed by atoms with Gasteiger partial charge in [-0.1, -0.05) is 0 Å². The summed E-state index contributed by atoms with van der Waals surface area (Å²) in [4.78, 5) is 2.57. The van der Waals surface area contributed by atoms with Gasteiger partial charge in [0.1, 0.15) is 0 Å². The van der Waals surface area contributed by atoms with Crippen LogP contribution in [-0.2, 0) is 13.1 Å². The maximum absolute atomic E-state index is 4.65. The van der Waals surface area contributed by atoms with E-state index < -0.39 is 0 Å². The summed E-state index contributed by atoms with van der Waals surface area (Å²) >= 11 is 0. The number of hydrogen-bond donors (Lipinski definition) is 1. The molecule has 0 saturated carbocycles. The van der Waals surface area contributed by atoms with E-state index in [1.807, 2.05) is 6.20 Å². The minimum absolute atomic E-state index is 0.582. The molecule has 5 heteroatoms. The summed E-state index contributed by atoms with van der Waals surface area (Å²) in [6.07, 6.45) is 4.45. The number of H-pyrrole nitrogens is 1. The van der Waals surface area contributed by atoms with Gasteiger partial charge in [-0.05, 0) is 52.6 Å². The number of piperidine rings is 1. The maximum Gasteiger partial charge on any atom is 0.0641 e. The van der Waals surface area contributed by atoms with E-state index in [0.717, 1.165) is 19.6 Å². The van der Waals surface area contributed by atoms with Crippen molar-refractivity contribution in [2.24, 2.45) is 0 Å². The highest BCUT2D eigenvalue weighted by Crippen LogP contribution is 2.29. The topological polar surface area (TPSA) is 49.7 Å². The van der Waals surface area contributed by atoms with Crippen LogP contribution < -0.4 is 0 Å². The van der Waals surface area contributed by atoms with Gasteiger partial charge in [-0.2, -0.15) is 10.2 Å². The van der Waals surface area contributed by atoms with E-state index in [2.05, 4.69) is 52.6 Å². The Balaban J connectivity index is 1.73. The van der Waals surface area contributed by atoms with E-state index >= 15 is 0 Å². The third kappa shape index (κ3) is 2.82. The molecule has 1 N–H and O–H groups in total. The minimum atomic E-state index is 0.582. The molecule has 1 aliphatic rings. The zero-order valence-electron chi connectivity index (χ0n) is 14.2. The van der Waals surface area contributed by atoms with Crippen LogP contribution in [0.4, 0.5) is 0 Å². The van der Waals surface area contributed by atoms with Crippen LogP contribution in [0, 0.1) is 20.8 Å². The van der Waals surface area contributed by atoms with E-state index in [-0.39, 0.29) is 0 Å². The van der Waals surface area contributed by atoms with E-state index in [1.54, 1.807) is 0 Å². The van der Waals surface area contributed by atoms with Crippen LogP contribution in [0.1, 0.15) is 53.9 Å². The van der Waals surface area contributed by atoms with Crippen molar-refractivity contribution < 1.29 is 0 Å². The molecule has 22 heavy (non-hydrogen) atoms. The smallest absolute Gasteiger partial charge is 0.0641 e. The van der Waals surface area contributed by atoms with Gasteiger partial charge in [-0.15, -0.1) is 0 Å². The van der Waals surface area contributed by atoms with Crippen molar-refractivity contribution in [1.82, 2.24) is 24.9 Å². The first kappa shape index (κ1) is 15.3. The maximum atomic E-state index is 4.65. The van der Waals surface area contributed by atoms with Crippen LogP contribution in [0.2, 0.25) is 0 Å². The molecule has 2 aromatic rings. The molecule has 1 fully saturated rings. The number of nitrogens with one attached hydrogen (secondary N) is 1. The molecule has 0 aromatic carbocycles. The van der Waals surface area contributed by atoms with Gasteiger partial charge in [0.25, 0.3) is 0 Å². The molecule has 0 spiro atoms. The Morgan fingerprint density at radius 1 is 1.32 bits per heavy atom. The third-order valence-corrected chi connectivity index (χ3v) is 4.99. The van der Waals surface area contributed by atoms with Gasteiger partial charge >= 0.3 is 0 Å². The molecule has 0 bridgehead atoms. The highest BCUT2D eigenvalue weighted by Gasteiger charge is 2.25. The van der Waals surface area contributed by atoms with Crippen LogP contribution in [0.25, 0.3) is 0 Å². The van der Waals surface area contributed by atoms with E-state index in [9.17, 15) is 0 Å². The molecule has 1 aliphatic heterocycles. The molecular weight excluding hydrogens is 274 g/mol. The summed E-state index contributed by atoms with van der Waals surface area (Å²) in [6.45, 7) is 12.9. The van der Waals surface area contributed by atoms with Crippen LogP contribution in [0.3, 0.4) is 0 Å². The summed E-state index contributed by atoms with van der Waals surface area (Å²) < 4.78 is 2.12. The van der Waals surface area contributed by atoms with E-state index in [4.69, 9.17) is 0 Å². The molecule has 0 amide bonds. The zero-order valence-corrected chi connectivity index (χ0v) is 14.2. The number of nitrogens with zero attached hydrogens (tertiary/aromatic N) is 4. The number of rotatable bonds is 4. The number of aromatic amines is 1. The van der Waals surface area contributed by atoms with Gasteiger partial charge < -0.3 is 0 Å². The van der Waals surface area contributed by atoms with E-state index in [1.165, 1.54) is 47.6 Å². The summed E-state index contributed by atoms with van der Waals surface area (Å²) in [5, 5.41) is 12.0. The Morgan fingerprint density at radius 2 is 2.14 bits per heavy atom. The standard InChI is InChI=1S/C17H27N5/c1-5-22-14(4)16(13(3)20-22)11-21-8-6-7-15(10-21)17-12(2)9-18-19-17/h9,15H,5-8,10-11H2,1-4H3,(H,18,19). The van der Waals surface area contributed by atoms with Crippen molar-refractivity contribution in [3.63, 3.8) is 0 Å². The van der Waals surface area contributed by atoms with Crippen LogP contribution in [-0.4, -0.2) is 38.0 Å². The van der Waals surface area contributed by atoms with Crippen molar-refractivity contribution in [3.8, 4) is 0 Å². The van der Waals surface area contributed by atoms with Crippen LogP contribution in [0.15, 0.2) is 6.20 Å². The number of aromatic nitrogens is 4. The normalized spacial score (nSPS) is 19.7. The summed E-state index contributed by atoms with van der Waals surface area (Å²) in [5.41, 5.74) is 6.52. The third-order valence-electron chi connectivity index (χ3n) is 4.99. The van der Waals surface area contributed by atoms with Crippen molar-refractivity contribution in [2.75, 3.05) is 13.1 Å². The molecular formula is C17H27N5. The van der Waals surface area contributed by atoms with E-state index in [0.29, 0.717) is 5.92 Å². The van der Waals surface area contributed by atoms with Gasteiger partial charge in [0.05, 0.1) is 11.9 Å². The Kier molecular flexibility index (Phi) is 4.34. The number of hydrogen-bond acceptors (Lipinski definition) is 3. The monoisotopic (exact) mass is 301 g/mol. The lowest BCUT2D eigenvalue weighted by atomic mass is 9.92. The highest BCUT2D eigenvalue weighted by molar-refractivity contribution is 5.25. The molecule has 5 nitrogen and oxygen atoms in total. The molecule has 0 aliphatic carbocycles. The summed E-state index contributed by atoms with van der Waals surface area (Å²) in [7, 11) is 0. The lowest BCUT2D eigenvalue weighted by Crippen LogP contribution is -2.34. The van der Waals surface area contributed by atoms with Crippen LogP contribution >= 0.6 is 0 Å². The average Bonchev–Trinajstić information content (AvgIpc) is 3.06. The van der Waals surface area contributed by atoms with Gasteiger partial charge in [0.15, 0.2) is 0 Å². The lowest BCUT2D eigenvalue weighted by molar-refractivity contribution is 0.197. The Labute approximate surface area is 132 Å².